The number of benzene rings is 3. The minimum absolute atomic E-state index is 0.0655. The summed E-state index contributed by atoms with van der Waals surface area (Å²) in [4.78, 5) is 26.8. The Labute approximate surface area is 191 Å². The van der Waals surface area contributed by atoms with Gasteiger partial charge in [-0.3, -0.25) is 9.59 Å². The summed E-state index contributed by atoms with van der Waals surface area (Å²) in [6.07, 6.45) is 0.161. The molecule has 4 rings (SSSR count). The Morgan fingerprint density at radius 2 is 1.55 bits per heavy atom. The van der Waals surface area contributed by atoms with Crippen LogP contribution in [0.25, 0.3) is 0 Å². The molecule has 1 amide bonds. The highest BCUT2D eigenvalue weighted by atomic mass is 79.9. The van der Waals surface area contributed by atoms with Crippen LogP contribution in [0.1, 0.15) is 31.4 Å². The molecule has 0 aromatic heterocycles. The van der Waals surface area contributed by atoms with Crippen molar-refractivity contribution in [3.05, 3.63) is 94.5 Å². The zero-order valence-electron chi connectivity index (χ0n) is 17.5. The Morgan fingerprint density at radius 3 is 2.19 bits per heavy atom. The average molecular weight is 478 g/mol. The monoisotopic (exact) mass is 477 g/mol. The highest BCUT2D eigenvalue weighted by Gasteiger charge is 2.36. The fourth-order valence-corrected chi connectivity index (χ4v) is 4.16. The molecule has 3 aromatic carbocycles. The second-order valence-corrected chi connectivity index (χ2v) is 9.23. The summed E-state index contributed by atoms with van der Waals surface area (Å²) in [5, 5.41) is 0. The number of carbonyl (C=O) groups excluding carboxylic acids is 2. The molecule has 0 radical (unpaired) electrons. The molecular weight excluding hydrogens is 454 g/mol. The van der Waals surface area contributed by atoms with Crippen LogP contribution in [0.5, 0.6) is 5.75 Å². The lowest BCUT2D eigenvalue weighted by Gasteiger charge is -2.26. The summed E-state index contributed by atoms with van der Waals surface area (Å²) in [7, 11) is 0. The molecule has 0 N–H and O–H groups in total. The Hall–Kier alpha value is -2.92. The first kappa shape index (κ1) is 21.3. The van der Waals surface area contributed by atoms with Gasteiger partial charge in [-0.05, 0) is 47.5 Å². The van der Waals surface area contributed by atoms with Crippen molar-refractivity contribution in [3.63, 3.8) is 0 Å². The van der Waals surface area contributed by atoms with Crippen molar-refractivity contribution in [1.82, 2.24) is 0 Å². The van der Waals surface area contributed by atoms with E-state index in [1.807, 2.05) is 66.7 Å². The molecule has 0 spiro atoms. The molecule has 1 atom stereocenters. The van der Waals surface area contributed by atoms with Crippen molar-refractivity contribution in [1.29, 1.82) is 0 Å². The molecule has 0 bridgehead atoms. The zero-order chi connectivity index (χ0) is 22.0. The van der Waals surface area contributed by atoms with E-state index in [-0.39, 0.29) is 23.7 Å². The Bertz CT molecular complexity index is 1080. The quantitative estimate of drug-likeness (QED) is 0.348. The molecule has 4 nitrogen and oxygen atoms in total. The number of nitrogens with zero attached hydrogens (tertiary/aromatic N) is 1. The van der Waals surface area contributed by atoms with E-state index in [2.05, 4.69) is 41.9 Å². The van der Waals surface area contributed by atoms with Gasteiger partial charge in [0.05, 0.1) is 5.92 Å². The summed E-state index contributed by atoms with van der Waals surface area (Å²) in [6, 6.07) is 25.4. The maximum absolute atomic E-state index is 12.7. The fraction of sp³-hybridized carbons (Fsp3) is 0.231. The van der Waals surface area contributed by atoms with E-state index in [1.165, 1.54) is 5.56 Å². The molecule has 31 heavy (non-hydrogen) atoms. The van der Waals surface area contributed by atoms with E-state index in [0.29, 0.717) is 12.3 Å². The highest BCUT2D eigenvalue weighted by molar-refractivity contribution is 9.10. The maximum Gasteiger partial charge on any atom is 0.316 e. The van der Waals surface area contributed by atoms with Crippen molar-refractivity contribution in [2.45, 2.75) is 25.7 Å². The number of esters is 1. The van der Waals surface area contributed by atoms with Gasteiger partial charge in [-0.25, -0.2) is 0 Å². The molecule has 1 aliphatic rings. The molecule has 158 valence electrons. The van der Waals surface area contributed by atoms with Gasteiger partial charge < -0.3 is 9.64 Å². The second-order valence-electron chi connectivity index (χ2n) is 8.32. The minimum atomic E-state index is -0.475. The van der Waals surface area contributed by atoms with Crippen molar-refractivity contribution in [2.75, 3.05) is 11.4 Å². The molecule has 0 saturated carbocycles. The van der Waals surface area contributed by atoms with E-state index in [4.69, 9.17) is 4.74 Å². The summed E-state index contributed by atoms with van der Waals surface area (Å²) in [5.41, 5.74) is 2.98. The smallest absolute Gasteiger partial charge is 0.316 e. The molecule has 1 heterocycles. The third kappa shape index (κ3) is 4.57. The van der Waals surface area contributed by atoms with Crippen LogP contribution in [0.15, 0.2) is 83.3 Å². The molecule has 3 aromatic rings. The van der Waals surface area contributed by atoms with E-state index in [9.17, 15) is 9.59 Å². The number of ether oxygens (including phenoxy) is 1. The Kier molecular flexibility index (Phi) is 5.96. The van der Waals surface area contributed by atoms with Crippen LogP contribution in [0.3, 0.4) is 0 Å². The molecule has 1 aliphatic heterocycles. The van der Waals surface area contributed by atoms with Crippen LogP contribution < -0.4 is 9.64 Å². The predicted molar refractivity (Wildman–Crippen MR) is 125 cm³/mol. The minimum Gasteiger partial charge on any atom is -0.426 e. The van der Waals surface area contributed by atoms with Crippen molar-refractivity contribution < 1.29 is 14.3 Å². The van der Waals surface area contributed by atoms with Gasteiger partial charge >= 0.3 is 5.97 Å². The number of carbonyl (C=O) groups is 2. The summed E-state index contributed by atoms with van der Waals surface area (Å²) in [6.45, 7) is 4.67. The van der Waals surface area contributed by atoms with Crippen molar-refractivity contribution in [2.24, 2.45) is 5.92 Å². The SMILES string of the molecule is CC(C)(c1ccccc1)c1ccc(OC(=O)[C@H]2CC(=O)N(c3ccc(Br)cc3)C2)cc1. The Morgan fingerprint density at radius 1 is 0.935 bits per heavy atom. The summed E-state index contributed by atoms with van der Waals surface area (Å²) < 4.78 is 6.54. The maximum atomic E-state index is 12.7. The molecule has 5 heteroatoms. The van der Waals surface area contributed by atoms with Crippen LogP contribution in [0, 0.1) is 5.92 Å². The molecule has 1 fully saturated rings. The number of halogens is 1. The highest BCUT2D eigenvalue weighted by Crippen LogP contribution is 2.33. The third-order valence-electron chi connectivity index (χ3n) is 5.89. The van der Waals surface area contributed by atoms with Crippen molar-refractivity contribution >= 4 is 33.5 Å². The van der Waals surface area contributed by atoms with Crippen LogP contribution >= 0.6 is 15.9 Å². The summed E-state index contributed by atoms with van der Waals surface area (Å²) >= 11 is 3.39. The van der Waals surface area contributed by atoms with E-state index >= 15 is 0 Å². The lowest BCUT2D eigenvalue weighted by atomic mass is 9.78. The van der Waals surface area contributed by atoms with E-state index in [1.54, 1.807) is 4.90 Å². The Balaban J connectivity index is 1.42. The number of hydrogen-bond donors (Lipinski definition) is 0. The van der Waals surface area contributed by atoms with Gasteiger partial charge in [0, 0.05) is 28.5 Å². The van der Waals surface area contributed by atoms with Gasteiger partial charge in [0.1, 0.15) is 5.75 Å². The third-order valence-corrected chi connectivity index (χ3v) is 6.42. The van der Waals surface area contributed by atoms with E-state index in [0.717, 1.165) is 15.7 Å². The van der Waals surface area contributed by atoms with Crippen LogP contribution in [-0.2, 0) is 15.0 Å². The first-order chi connectivity index (χ1) is 14.8. The second kappa shape index (κ2) is 8.67. The van der Waals surface area contributed by atoms with Gasteiger partial charge in [0.25, 0.3) is 0 Å². The van der Waals surface area contributed by atoms with Gasteiger partial charge in [-0.15, -0.1) is 0 Å². The first-order valence-corrected chi connectivity index (χ1v) is 11.1. The number of hydrogen-bond acceptors (Lipinski definition) is 3. The molecule has 0 aliphatic carbocycles. The fourth-order valence-electron chi connectivity index (χ4n) is 3.90. The largest absolute Gasteiger partial charge is 0.426 e. The van der Waals surface area contributed by atoms with Crippen LogP contribution in [-0.4, -0.2) is 18.4 Å². The molecule has 1 saturated heterocycles. The number of amides is 1. The average Bonchev–Trinajstić information content (AvgIpc) is 3.17. The normalized spacial score (nSPS) is 16.4. The lowest BCUT2D eigenvalue weighted by molar-refractivity contribution is -0.139. The first-order valence-electron chi connectivity index (χ1n) is 10.3. The van der Waals surface area contributed by atoms with E-state index < -0.39 is 5.92 Å². The zero-order valence-corrected chi connectivity index (χ0v) is 19.1. The summed E-state index contributed by atoms with van der Waals surface area (Å²) in [5.74, 6) is -0.420. The van der Waals surface area contributed by atoms with Crippen LogP contribution in [0.4, 0.5) is 5.69 Å². The van der Waals surface area contributed by atoms with Crippen molar-refractivity contribution in [3.8, 4) is 5.75 Å². The topological polar surface area (TPSA) is 46.6 Å². The van der Waals surface area contributed by atoms with Gasteiger partial charge in [0.15, 0.2) is 0 Å². The van der Waals surface area contributed by atoms with Crippen LogP contribution in [0.2, 0.25) is 0 Å². The van der Waals surface area contributed by atoms with Gasteiger partial charge in [-0.1, -0.05) is 72.2 Å². The molecule has 0 unspecified atom stereocenters. The number of anilines is 1. The molecular formula is C26H24BrNO3. The van der Waals surface area contributed by atoms with Gasteiger partial charge in [0.2, 0.25) is 5.91 Å². The number of rotatable bonds is 5. The standard InChI is InChI=1S/C26H24BrNO3/c1-26(2,19-6-4-3-5-7-19)20-8-14-23(15-9-20)31-25(30)18-16-24(29)28(17-18)22-12-10-21(27)11-13-22/h3-15,18H,16-17H2,1-2H3/t18-/m0/s1. The lowest BCUT2D eigenvalue weighted by Crippen LogP contribution is -2.27. The predicted octanol–water partition coefficient (Wildman–Crippen LogP) is 5.73. The van der Waals surface area contributed by atoms with Gasteiger partial charge in [-0.2, -0.15) is 0 Å².